The van der Waals surface area contributed by atoms with Gasteiger partial charge in [0.05, 0.1) is 5.02 Å². The highest BCUT2D eigenvalue weighted by Crippen LogP contribution is 2.37. The minimum atomic E-state index is -1.44. The number of imide groups is 2. The number of halogens is 2. The summed E-state index contributed by atoms with van der Waals surface area (Å²) in [4.78, 5) is 40.8. The Morgan fingerprint density at radius 3 is 2.20 bits per heavy atom. The summed E-state index contributed by atoms with van der Waals surface area (Å²) in [6.07, 6.45) is 0. The van der Waals surface area contributed by atoms with Crippen molar-refractivity contribution >= 4 is 29.4 Å². The zero-order valence-electron chi connectivity index (χ0n) is 19.7. The van der Waals surface area contributed by atoms with Crippen molar-refractivity contribution in [3.63, 3.8) is 0 Å². The first kappa shape index (κ1) is 24.4. The van der Waals surface area contributed by atoms with Gasteiger partial charge in [-0.2, -0.15) is 0 Å². The summed E-state index contributed by atoms with van der Waals surface area (Å²) >= 11 is 6.07. The van der Waals surface area contributed by atoms with Crippen LogP contribution in [0.5, 0.6) is 0 Å². The molecule has 1 fully saturated rings. The lowest BCUT2D eigenvalue weighted by molar-refractivity contribution is -0.621. The second kappa shape index (κ2) is 9.14. The van der Waals surface area contributed by atoms with Gasteiger partial charge in [-0.15, -0.1) is 0 Å². The van der Waals surface area contributed by atoms with E-state index in [1.54, 1.807) is 18.4 Å². The van der Waals surface area contributed by atoms with E-state index in [4.69, 9.17) is 11.6 Å². The number of barbiturate groups is 1. The number of benzene rings is 2. The predicted octanol–water partition coefficient (Wildman–Crippen LogP) is 3.38. The average Bonchev–Trinajstić information content (AvgIpc) is 3.05. The van der Waals surface area contributed by atoms with Crippen LogP contribution in [-0.2, 0) is 16.1 Å². The van der Waals surface area contributed by atoms with E-state index in [-0.39, 0.29) is 10.8 Å². The van der Waals surface area contributed by atoms with Crippen LogP contribution in [0.3, 0.4) is 0 Å². The normalized spacial score (nSPS) is 15.8. The number of hydrogen-bond acceptors (Lipinski definition) is 4. The monoisotopic (exact) mass is 498 g/mol. The number of urea groups is 1. The fourth-order valence-corrected chi connectivity index (χ4v) is 4.66. The van der Waals surface area contributed by atoms with Gasteiger partial charge in [-0.3, -0.25) is 19.4 Å². The third-order valence-electron chi connectivity index (χ3n) is 6.58. The van der Waals surface area contributed by atoms with Gasteiger partial charge in [0.1, 0.15) is 35.6 Å². The third kappa shape index (κ3) is 4.05. The van der Waals surface area contributed by atoms with Crippen LogP contribution in [0.25, 0.3) is 0 Å². The second-order valence-corrected chi connectivity index (χ2v) is 9.01. The molecule has 2 heterocycles. The minimum Gasteiger partial charge on any atom is -0.711 e. The van der Waals surface area contributed by atoms with Crippen LogP contribution in [0.2, 0.25) is 5.02 Å². The molecule has 0 unspecified atom stereocenters. The molecular weight excluding hydrogens is 475 g/mol. The number of amides is 4. The maximum absolute atomic E-state index is 14.1. The molecule has 1 atom stereocenters. The van der Waals surface area contributed by atoms with Gasteiger partial charge in [0.25, 0.3) is 5.82 Å². The van der Waals surface area contributed by atoms with Crippen LogP contribution in [0.4, 0.5) is 9.18 Å². The molecule has 182 valence electrons. The van der Waals surface area contributed by atoms with Gasteiger partial charge in [-0.05, 0) is 23.3 Å². The first-order valence-corrected chi connectivity index (χ1v) is 11.3. The Morgan fingerprint density at radius 1 is 1.03 bits per heavy atom. The van der Waals surface area contributed by atoms with Gasteiger partial charge in [0, 0.05) is 27.9 Å². The predicted molar refractivity (Wildman–Crippen MR) is 126 cm³/mol. The Hall–Kier alpha value is -3.72. The molecule has 0 spiro atoms. The van der Waals surface area contributed by atoms with E-state index in [1.165, 1.54) is 26.2 Å². The minimum absolute atomic E-state index is 0.120. The van der Waals surface area contributed by atoms with Crippen molar-refractivity contribution in [1.29, 1.82) is 0 Å². The van der Waals surface area contributed by atoms with E-state index in [2.05, 4.69) is 0 Å². The summed E-state index contributed by atoms with van der Waals surface area (Å²) in [7, 11) is 2.56. The summed E-state index contributed by atoms with van der Waals surface area (Å²) < 4.78 is 16.5. The number of rotatable bonds is 5. The zero-order chi connectivity index (χ0) is 25.6. The SMILES string of the molecule is Cc1c(C)[n+]([O-])c([C@H](c2ccc(F)c(Cl)c2)C2C(=O)N(C)C(=O)N(C)C2=O)n1Cc1ccccc1. The maximum Gasteiger partial charge on any atom is 0.332 e. The molecule has 1 aliphatic rings. The standard InChI is InChI=1S/C25H24ClFN4O4/c1-14-15(2)31(35)22(30(14)13-16-8-6-5-7-9-16)20(17-10-11-19(27)18(26)12-17)21-23(32)28(3)25(34)29(4)24(21)33/h5-12,20-21H,13H2,1-4H3/t20-/m1/s1. The van der Waals surface area contributed by atoms with Crippen molar-refractivity contribution in [3.05, 3.63) is 92.9 Å². The van der Waals surface area contributed by atoms with E-state index in [0.717, 1.165) is 21.4 Å². The summed E-state index contributed by atoms with van der Waals surface area (Å²) in [5.74, 6) is -4.65. The second-order valence-electron chi connectivity index (χ2n) is 8.60. The third-order valence-corrected chi connectivity index (χ3v) is 6.87. The molecule has 4 rings (SSSR count). The number of imidazole rings is 1. The molecule has 0 aliphatic carbocycles. The lowest BCUT2D eigenvalue weighted by Crippen LogP contribution is -2.59. The number of carbonyl (C=O) groups excluding carboxylic acids is 3. The molecule has 0 N–H and O–H groups in total. The number of hydrogen-bond donors (Lipinski definition) is 0. The van der Waals surface area contributed by atoms with E-state index < -0.39 is 35.5 Å². The largest absolute Gasteiger partial charge is 0.711 e. The molecule has 2 aromatic carbocycles. The first-order chi connectivity index (χ1) is 16.5. The van der Waals surface area contributed by atoms with Crippen LogP contribution in [0.15, 0.2) is 48.5 Å². The summed E-state index contributed by atoms with van der Waals surface area (Å²) in [6.45, 7) is 3.72. The Kier molecular flexibility index (Phi) is 6.38. The summed E-state index contributed by atoms with van der Waals surface area (Å²) in [5.41, 5.74) is 2.23. The molecule has 1 saturated heterocycles. The summed E-state index contributed by atoms with van der Waals surface area (Å²) in [5, 5.41) is 13.3. The van der Waals surface area contributed by atoms with Crippen molar-refractivity contribution in [2.24, 2.45) is 5.92 Å². The molecular formula is C25H24ClFN4O4. The van der Waals surface area contributed by atoms with Gasteiger partial charge < -0.3 is 5.21 Å². The van der Waals surface area contributed by atoms with Gasteiger partial charge in [0.15, 0.2) is 0 Å². The maximum atomic E-state index is 14.1. The van der Waals surface area contributed by atoms with E-state index >= 15 is 0 Å². The van der Waals surface area contributed by atoms with Crippen molar-refractivity contribution in [2.75, 3.05) is 14.1 Å². The number of aromatic nitrogens is 2. The Labute approximate surface area is 206 Å². The molecule has 1 aromatic heterocycles. The van der Waals surface area contributed by atoms with Gasteiger partial charge in [-0.1, -0.05) is 48.0 Å². The Balaban J connectivity index is 1.99. The van der Waals surface area contributed by atoms with Crippen LogP contribution < -0.4 is 4.73 Å². The average molecular weight is 499 g/mol. The van der Waals surface area contributed by atoms with Crippen LogP contribution in [-0.4, -0.2) is 46.3 Å². The van der Waals surface area contributed by atoms with Crippen molar-refractivity contribution < 1.29 is 23.5 Å². The zero-order valence-corrected chi connectivity index (χ0v) is 20.4. The topological polar surface area (TPSA) is 89.6 Å². The number of nitrogens with zero attached hydrogens (tertiary/aromatic N) is 4. The molecule has 8 nitrogen and oxygen atoms in total. The molecule has 10 heteroatoms. The highest BCUT2D eigenvalue weighted by molar-refractivity contribution is 6.30. The lowest BCUT2D eigenvalue weighted by atomic mass is 9.82. The molecule has 0 bridgehead atoms. The fraction of sp³-hybridized carbons (Fsp3) is 0.280. The van der Waals surface area contributed by atoms with Gasteiger partial charge in [0.2, 0.25) is 11.8 Å². The molecule has 35 heavy (non-hydrogen) atoms. The van der Waals surface area contributed by atoms with E-state index in [9.17, 15) is 24.0 Å². The van der Waals surface area contributed by atoms with Gasteiger partial charge >= 0.3 is 6.03 Å². The van der Waals surface area contributed by atoms with E-state index in [0.29, 0.717) is 28.2 Å². The lowest BCUT2D eigenvalue weighted by Gasteiger charge is -2.36. The number of carbonyl (C=O) groups is 3. The fourth-order valence-electron chi connectivity index (χ4n) is 4.47. The Morgan fingerprint density at radius 2 is 1.63 bits per heavy atom. The Bertz CT molecular complexity index is 1320. The smallest absolute Gasteiger partial charge is 0.332 e. The first-order valence-electron chi connectivity index (χ1n) is 10.9. The quantitative estimate of drug-likeness (QED) is 0.306. The van der Waals surface area contributed by atoms with Crippen molar-refractivity contribution in [3.8, 4) is 0 Å². The molecule has 1 aliphatic heterocycles. The van der Waals surface area contributed by atoms with Crippen molar-refractivity contribution in [2.45, 2.75) is 26.3 Å². The molecule has 0 radical (unpaired) electrons. The van der Waals surface area contributed by atoms with Crippen molar-refractivity contribution in [1.82, 2.24) is 14.4 Å². The summed E-state index contributed by atoms with van der Waals surface area (Å²) in [6, 6.07) is 12.5. The highest BCUT2D eigenvalue weighted by Gasteiger charge is 2.51. The molecule has 4 amide bonds. The van der Waals surface area contributed by atoms with Crippen LogP contribution >= 0.6 is 11.6 Å². The van der Waals surface area contributed by atoms with Gasteiger partial charge in [-0.25, -0.2) is 18.5 Å². The van der Waals surface area contributed by atoms with E-state index in [1.807, 2.05) is 30.3 Å². The highest BCUT2D eigenvalue weighted by atomic mass is 35.5. The van der Waals surface area contributed by atoms with Crippen LogP contribution in [0, 0.1) is 30.8 Å². The molecule has 0 saturated carbocycles. The molecule has 3 aromatic rings. The van der Waals surface area contributed by atoms with Crippen LogP contribution in [0.1, 0.15) is 34.3 Å².